The van der Waals surface area contributed by atoms with Crippen molar-refractivity contribution in [3.63, 3.8) is 0 Å². The Morgan fingerprint density at radius 3 is 2.52 bits per heavy atom. The highest BCUT2D eigenvalue weighted by molar-refractivity contribution is 6.42. The van der Waals surface area contributed by atoms with E-state index in [2.05, 4.69) is 5.32 Å². The zero-order valence-electron chi connectivity index (χ0n) is 16.6. The SMILES string of the molecule is CCCCNC(=O)C(C)N(Cc1ccc(Cl)c(Cl)c1)C(=O)Cc1ccccc1F. The van der Waals surface area contributed by atoms with Crippen molar-refractivity contribution < 1.29 is 14.0 Å². The molecule has 1 atom stereocenters. The first-order valence-electron chi connectivity index (χ1n) is 9.58. The molecule has 0 aliphatic carbocycles. The first kappa shape index (κ1) is 23.2. The highest BCUT2D eigenvalue weighted by Crippen LogP contribution is 2.24. The molecular formula is C22H25Cl2FN2O2. The van der Waals surface area contributed by atoms with E-state index in [4.69, 9.17) is 23.2 Å². The topological polar surface area (TPSA) is 49.4 Å². The summed E-state index contributed by atoms with van der Waals surface area (Å²) in [4.78, 5) is 27.0. The molecule has 0 bridgehead atoms. The van der Waals surface area contributed by atoms with E-state index < -0.39 is 11.9 Å². The van der Waals surface area contributed by atoms with Gasteiger partial charge in [0, 0.05) is 13.1 Å². The Labute approximate surface area is 181 Å². The summed E-state index contributed by atoms with van der Waals surface area (Å²) in [7, 11) is 0. The van der Waals surface area contributed by atoms with Crippen molar-refractivity contribution in [1.29, 1.82) is 0 Å². The number of benzene rings is 2. The molecule has 1 unspecified atom stereocenters. The van der Waals surface area contributed by atoms with E-state index in [0.717, 1.165) is 18.4 Å². The van der Waals surface area contributed by atoms with E-state index in [-0.39, 0.29) is 30.3 Å². The molecule has 156 valence electrons. The number of nitrogens with one attached hydrogen (secondary N) is 1. The van der Waals surface area contributed by atoms with Crippen LogP contribution in [0.15, 0.2) is 42.5 Å². The van der Waals surface area contributed by atoms with Gasteiger partial charge in [0.05, 0.1) is 16.5 Å². The lowest BCUT2D eigenvalue weighted by molar-refractivity contribution is -0.140. The van der Waals surface area contributed by atoms with Gasteiger partial charge in [-0.3, -0.25) is 9.59 Å². The lowest BCUT2D eigenvalue weighted by atomic mass is 10.1. The van der Waals surface area contributed by atoms with Gasteiger partial charge in [-0.05, 0) is 42.7 Å². The van der Waals surface area contributed by atoms with Crippen LogP contribution in [0.5, 0.6) is 0 Å². The van der Waals surface area contributed by atoms with Crippen LogP contribution in [0.4, 0.5) is 4.39 Å². The van der Waals surface area contributed by atoms with Crippen LogP contribution in [0.2, 0.25) is 10.0 Å². The van der Waals surface area contributed by atoms with E-state index in [1.807, 2.05) is 6.92 Å². The van der Waals surface area contributed by atoms with Gasteiger partial charge in [0.1, 0.15) is 11.9 Å². The van der Waals surface area contributed by atoms with Gasteiger partial charge in [-0.15, -0.1) is 0 Å². The molecule has 0 aromatic heterocycles. The second-order valence-electron chi connectivity index (χ2n) is 6.86. The number of nitrogens with zero attached hydrogens (tertiary/aromatic N) is 1. The molecule has 0 heterocycles. The Morgan fingerprint density at radius 1 is 1.14 bits per heavy atom. The molecule has 7 heteroatoms. The van der Waals surface area contributed by atoms with Crippen molar-refractivity contribution in [3.8, 4) is 0 Å². The van der Waals surface area contributed by atoms with E-state index in [9.17, 15) is 14.0 Å². The maximum Gasteiger partial charge on any atom is 0.242 e. The highest BCUT2D eigenvalue weighted by Gasteiger charge is 2.26. The van der Waals surface area contributed by atoms with Gasteiger partial charge in [-0.1, -0.05) is 60.8 Å². The number of carbonyl (C=O) groups excluding carboxylic acids is 2. The molecule has 2 aromatic carbocycles. The second kappa shape index (κ2) is 11.2. The summed E-state index contributed by atoms with van der Waals surface area (Å²) >= 11 is 12.1. The van der Waals surface area contributed by atoms with Gasteiger partial charge >= 0.3 is 0 Å². The number of carbonyl (C=O) groups is 2. The summed E-state index contributed by atoms with van der Waals surface area (Å²) in [5, 5.41) is 3.62. The predicted octanol–water partition coefficient (Wildman–Crippen LogP) is 5.01. The van der Waals surface area contributed by atoms with Crippen LogP contribution in [0.1, 0.15) is 37.8 Å². The standard InChI is InChI=1S/C22H25Cl2FN2O2/c1-3-4-11-26-22(29)15(2)27(14-16-9-10-18(23)19(24)12-16)21(28)13-17-7-5-6-8-20(17)25/h5-10,12,15H,3-4,11,13-14H2,1-2H3,(H,26,29). The summed E-state index contributed by atoms with van der Waals surface area (Å²) in [6, 6.07) is 10.5. The molecule has 2 amide bonds. The Kier molecular flexibility index (Phi) is 8.93. The second-order valence-corrected chi connectivity index (χ2v) is 7.67. The highest BCUT2D eigenvalue weighted by atomic mass is 35.5. The van der Waals surface area contributed by atoms with Crippen LogP contribution in [-0.4, -0.2) is 29.3 Å². The van der Waals surface area contributed by atoms with Crippen LogP contribution in [0.3, 0.4) is 0 Å². The fourth-order valence-electron chi connectivity index (χ4n) is 2.86. The monoisotopic (exact) mass is 438 g/mol. The van der Waals surface area contributed by atoms with Gasteiger partial charge in [0.15, 0.2) is 0 Å². The molecule has 0 saturated heterocycles. The van der Waals surface area contributed by atoms with Gasteiger partial charge in [-0.25, -0.2) is 4.39 Å². The van der Waals surface area contributed by atoms with Gasteiger partial charge < -0.3 is 10.2 Å². The average Bonchev–Trinajstić information content (AvgIpc) is 2.70. The fraction of sp³-hybridized carbons (Fsp3) is 0.364. The lowest BCUT2D eigenvalue weighted by Crippen LogP contribution is -2.48. The summed E-state index contributed by atoms with van der Waals surface area (Å²) in [5.41, 5.74) is 1.02. The van der Waals surface area contributed by atoms with Gasteiger partial charge in [0.2, 0.25) is 11.8 Å². The van der Waals surface area contributed by atoms with Crippen LogP contribution < -0.4 is 5.32 Å². The minimum absolute atomic E-state index is 0.138. The van der Waals surface area contributed by atoms with Gasteiger partial charge in [-0.2, -0.15) is 0 Å². The van der Waals surface area contributed by atoms with Crippen molar-refractivity contribution in [1.82, 2.24) is 10.2 Å². The molecule has 2 aromatic rings. The van der Waals surface area contributed by atoms with Crippen LogP contribution in [-0.2, 0) is 22.6 Å². The first-order chi connectivity index (χ1) is 13.8. The van der Waals surface area contributed by atoms with E-state index in [1.165, 1.54) is 11.0 Å². The Balaban J connectivity index is 2.23. The number of rotatable bonds is 9. The van der Waals surface area contributed by atoms with Crippen molar-refractivity contribution in [3.05, 3.63) is 69.5 Å². The summed E-state index contributed by atoms with van der Waals surface area (Å²) in [6.45, 7) is 4.40. The number of hydrogen-bond acceptors (Lipinski definition) is 2. The molecular weight excluding hydrogens is 414 g/mol. The minimum Gasteiger partial charge on any atom is -0.354 e. The summed E-state index contributed by atoms with van der Waals surface area (Å²) in [6.07, 6.45) is 1.67. The van der Waals surface area contributed by atoms with E-state index in [1.54, 1.807) is 43.3 Å². The third kappa shape index (κ3) is 6.72. The van der Waals surface area contributed by atoms with Crippen molar-refractivity contribution in [2.45, 2.75) is 45.7 Å². The molecule has 0 aliphatic heterocycles. The van der Waals surface area contributed by atoms with Crippen LogP contribution in [0.25, 0.3) is 0 Å². The lowest BCUT2D eigenvalue weighted by Gasteiger charge is -2.29. The molecule has 0 radical (unpaired) electrons. The Hall–Kier alpha value is -2.11. The predicted molar refractivity (Wildman–Crippen MR) is 114 cm³/mol. The maximum absolute atomic E-state index is 14.0. The number of amides is 2. The third-order valence-electron chi connectivity index (χ3n) is 4.63. The molecule has 29 heavy (non-hydrogen) atoms. The molecule has 1 N–H and O–H groups in total. The normalized spacial score (nSPS) is 11.8. The number of hydrogen-bond donors (Lipinski definition) is 1. The van der Waals surface area contributed by atoms with Crippen LogP contribution in [0, 0.1) is 5.82 Å². The molecule has 0 fully saturated rings. The van der Waals surface area contributed by atoms with E-state index >= 15 is 0 Å². The zero-order chi connectivity index (χ0) is 21.4. The third-order valence-corrected chi connectivity index (χ3v) is 5.37. The number of halogens is 3. The van der Waals surface area contributed by atoms with Crippen molar-refractivity contribution in [2.24, 2.45) is 0 Å². The smallest absolute Gasteiger partial charge is 0.242 e. The van der Waals surface area contributed by atoms with E-state index in [0.29, 0.717) is 16.6 Å². The molecule has 4 nitrogen and oxygen atoms in total. The fourth-order valence-corrected chi connectivity index (χ4v) is 3.18. The zero-order valence-corrected chi connectivity index (χ0v) is 18.1. The molecule has 0 spiro atoms. The Morgan fingerprint density at radius 2 is 1.86 bits per heavy atom. The Bertz CT molecular complexity index is 860. The van der Waals surface area contributed by atoms with Gasteiger partial charge in [0.25, 0.3) is 0 Å². The molecule has 2 rings (SSSR count). The quantitative estimate of drug-likeness (QED) is 0.559. The first-order valence-corrected chi connectivity index (χ1v) is 10.3. The average molecular weight is 439 g/mol. The molecule has 0 aliphatic rings. The number of unbranched alkanes of at least 4 members (excludes halogenated alkanes) is 1. The van der Waals surface area contributed by atoms with Crippen LogP contribution >= 0.6 is 23.2 Å². The van der Waals surface area contributed by atoms with Crippen molar-refractivity contribution in [2.75, 3.05) is 6.54 Å². The van der Waals surface area contributed by atoms with Crippen molar-refractivity contribution >= 4 is 35.0 Å². The summed E-state index contributed by atoms with van der Waals surface area (Å²) < 4.78 is 14.0. The minimum atomic E-state index is -0.722. The molecule has 0 saturated carbocycles. The largest absolute Gasteiger partial charge is 0.354 e. The maximum atomic E-state index is 14.0. The summed E-state index contributed by atoms with van der Waals surface area (Å²) in [5.74, 6) is -1.05.